The molecule has 2 N–H and O–H groups in total. The summed E-state index contributed by atoms with van der Waals surface area (Å²) in [6, 6.07) is 8.01. The maximum Gasteiger partial charge on any atom is 0.222 e. The van der Waals surface area contributed by atoms with Gasteiger partial charge in [0.05, 0.1) is 10.2 Å². The highest BCUT2D eigenvalue weighted by Crippen LogP contribution is 2.24. The van der Waals surface area contributed by atoms with Crippen molar-refractivity contribution in [3.63, 3.8) is 0 Å². The molecule has 0 aliphatic carbocycles. The highest BCUT2D eigenvalue weighted by atomic mass is 32.1. The monoisotopic (exact) mass is 390 g/mol. The largest absolute Gasteiger partial charge is 0.360 e. The van der Waals surface area contributed by atoms with Gasteiger partial charge in [-0.2, -0.15) is 0 Å². The fourth-order valence-corrected chi connectivity index (χ4v) is 3.76. The van der Waals surface area contributed by atoms with Crippen LogP contribution >= 0.6 is 11.3 Å². The van der Waals surface area contributed by atoms with E-state index in [2.05, 4.69) is 29.5 Å². The summed E-state index contributed by atoms with van der Waals surface area (Å²) in [5.41, 5.74) is 0.985. The number of hydrogen-bond acceptors (Lipinski definition) is 5. The van der Waals surface area contributed by atoms with E-state index < -0.39 is 0 Å². The third kappa shape index (κ3) is 7.17. The number of fused-ring (bicyclic) bond motifs is 1. The molecular formula is C20H30N4O2S. The van der Waals surface area contributed by atoms with E-state index in [4.69, 9.17) is 0 Å². The third-order valence-electron chi connectivity index (χ3n) is 4.15. The number of carbonyl (C=O) groups is 2. The third-order valence-corrected chi connectivity index (χ3v) is 5.15. The zero-order chi connectivity index (χ0) is 19.5. The van der Waals surface area contributed by atoms with Gasteiger partial charge in [-0.15, -0.1) is 0 Å². The van der Waals surface area contributed by atoms with Crippen molar-refractivity contribution in [3.8, 4) is 0 Å². The molecule has 0 radical (unpaired) electrons. The summed E-state index contributed by atoms with van der Waals surface area (Å²) in [7, 11) is 0. The van der Waals surface area contributed by atoms with Crippen molar-refractivity contribution in [2.45, 2.75) is 46.0 Å². The molecule has 2 amide bonds. The minimum atomic E-state index is -0.00793. The Morgan fingerprint density at radius 2 is 1.81 bits per heavy atom. The lowest BCUT2D eigenvalue weighted by atomic mass is 10.2. The van der Waals surface area contributed by atoms with E-state index in [0.717, 1.165) is 41.3 Å². The number of carbonyl (C=O) groups excluding carboxylic acids is 2. The number of amides is 2. The van der Waals surface area contributed by atoms with Gasteiger partial charge < -0.3 is 15.5 Å². The average molecular weight is 391 g/mol. The molecule has 0 spiro atoms. The number of nitrogens with zero attached hydrogens (tertiary/aromatic N) is 2. The van der Waals surface area contributed by atoms with Gasteiger partial charge in [-0.25, -0.2) is 4.98 Å². The second-order valence-corrected chi connectivity index (χ2v) is 7.53. The van der Waals surface area contributed by atoms with Crippen LogP contribution in [0.25, 0.3) is 10.2 Å². The lowest BCUT2D eigenvalue weighted by molar-refractivity contribution is -0.131. The van der Waals surface area contributed by atoms with Gasteiger partial charge in [0.25, 0.3) is 0 Å². The van der Waals surface area contributed by atoms with Gasteiger partial charge in [-0.05, 0) is 31.4 Å². The maximum absolute atomic E-state index is 12.2. The van der Waals surface area contributed by atoms with Crippen LogP contribution in [0.1, 0.15) is 46.0 Å². The fraction of sp³-hybridized carbons (Fsp3) is 0.550. The molecule has 148 valence electrons. The molecule has 7 heteroatoms. The molecular weight excluding hydrogens is 360 g/mol. The van der Waals surface area contributed by atoms with E-state index in [1.807, 2.05) is 29.2 Å². The molecule has 1 aromatic carbocycles. The average Bonchev–Trinajstić information content (AvgIpc) is 3.08. The smallest absolute Gasteiger partial charge is 0.222 e. The first kappa shape index (κ1) is 21.2. The number of benzene rings is 1. The molecule has 0 bridgehead atoms. The van der Waals surface area contributed by atoms with Crippen molar-refractivity contribution >= 4 is 38.5 Å². The van der Waals surface area contributed by atoms with Gasteiger partial charge in [-0.1, -0.05) is 37.3 Å². The molecule has 2 rings (SSSR count). The van der Waals surface area contributed by atoms with Crippen LogP contribution in [0.5, 0.6) is 0 Å². The summed E-state index contributed by atoms with van der Waals surface area (Å²) in [5.74, 6) is 0.149. The van der Waals surface area contributed by atoms with Crippen molar-refractivity contribution in [1.82, 2.24) is 15.2 Å². The van der Waals surface area contributed by atoms with Crippen LogP contribution in [-0.2, 0) is 9.59 Å². The van der Waals surface area contributed by atoms with Crippen LogP contribution in [0.15, 0.2) is 24.3 Å². The van der Waals surface area contributed by atoms with Gasteiger partial charge in [0.2, 0.25) is 11.8 Å². The van der Waals surface area contributed by atoms with Gasteiger partial charge in [-0.3, -0.25) is 9.59 Å². The molecule has 0 unspecified atom stereocenters. The molecule has 2 aromatic rings. The molecule has 6 nitrogen and oxygen atoms in total. The minimum Gasteiger partial charge on any atom is -0.360 e. The summed E-state index contributed by atoms with van der Waals surface area (Å²) in [5, 5.41) is 6.99. The summed E-state index contributed by atoms with van der Waals surface area (Å²) in [6.45, 7) is 6.93. The highest BCUT2D eigenvalue weighted by Gasteiger charge is 2.12. The lowest BCUT2D eigenvalue weighted by Crippen LogP contribution is -2.33. The van der Waals surface area contributed by atoms with Crippen molar-refractivity contribution in [2.24, 2.45) is 0 Å². The molecule has 1 heterocycles. The number of thiazole rings is 1. The predicted octanol–water partition coefficient (Wildman–Crippen LogP) is 3.64. The Morgan fingerprint density at radius 3 is 2.52 bits per heavy atom. The fourth-order valence-electron chi connectivity index (χ4n) is 2.87. The Morgan fingerprint density at radius 1 is 1.07 bits per heavy atom. The normalized spacial score (nSPS) is 10.7. The van der Waals surface area contributed by atoms with E-state index in [1.54, 1.807) is 11.3 Å². The van der Waals surface area contributed by atoms with Crippen LogP contribution in [0.3, 0.4) is 0 Å². The van der Waals surface area contributed by atoms with Crippen LogP contribution < -0.4 is 10.6 Å². The summed E-state index contributed by atoms with van der Waals surface area (Å²) < 4.78 is 1.15. The molecule has 27 heavy (non-hydrogen) atoms. The number of para-hydroxylation sites is 1. The number of anilines is 1. The predicted molar refractivity (Wildman–Crippen MR) is 112 cm³/mol. The Hall–Kier alpha value is -2.15. The first-order valence-electron chi connectivity index (χ1n) is 9.78. The lowest BCUT2D eigenvalue weighted by Gasteiger charge is -2.21. The quantitative estimate of drug-likeness (QED) is 0.543. The minimum absolute atomic E-state index is 0.00793. The number of nitrogens with one attached hydrogen (secondary N) is 2. The molecule has 0 atom stereocenters. The van der Waals surface area contributed by atoms with Crippen LogP contribution in [0.4, 0.5) is 5.13 Å². The molecule has 0 aliphatic heterocycles. The molecule has 0 saturated carbocycles. The van der Waals surface area contributed by atoms with Crippen LogP contribution in [-0.4, -0.2) is 47.9 Å². The maximum atomic E-state index is 12.2. The molecule has 1 aromatic heterocycles. The van der Waals surface area contributed by atoms with Crippen molar-refractivity contribution in [2.75, 3.05) is 31.5 Å². The zero-order valence-electron chi connectivity index (χ0n) is 16.3. The Labute approximate surface area is 165 Å². The van der Waals surface area contributed by atoms with Crippen molar-refractivity contribution < 1.29 is 9.59 Å². The van der Waals surface area contributed by atoms with Crippen molar-refractivity contribution in [1.29, 1.82) is 0 Å². The molecule has 0 aliphatic rings. The Bertz CT molecular complexity index is 693. The van der Waals surface area contributed by atoms with E-state index in [1.165, 1.54) is 0 Å². The Kier molecular flexibility index (Phi) is 9.04. The van der Waals surface area contributed by atoms with Gasteiger partial charge in [0.15, 0.2) is 5.13 Å². The van der Waals surface area contributed by atoms with Gasteiger partial charge in [0.1, 0.15) is 0 Å². The topological polar surface area (TPSA) is 74.3 Å². The van der Waals surface area contributed by atoms with E-state index in [9.17, 15) is 9.59 Å². The van der Waals surface area contributed by atoms with Crippen LogP contribution in [0, 0.1) is 0 Å². The number of hydrogen-bond donors (Lipinski definition) is 2. The van der Waals surface area contributed by atoms with Gasteiger partial charge >= 0.3 is 0 Å². The van der Waals surface area contributed by atoms with E-state index >= 15 is 0 Å². The molecule has 0 fully saturated rings. The number of aromatic nitrogens is 1. The molecule has 0 saturated heterocycles. The first-order chi connectivity index (χ1) is 13.1. The zero-order valence-corrected chi connectivity index (χ0v) is 17.1. The standard InChI is InChI=1S/C20H30N4O2S/c1-3-14-24(15-4-2)19(26)11-7-10-18(25)21-12-13-22-20-23-16-8-5-6-9-17(16)27-20/h5-6,8-9H,3-4,7,10-15H2,1-2H3,(H,21,25)(H,22,23). The van der Waals surface area contributed by atoms with E-state index in [0.29, 0.717) is 32.4 Å². The van der Waals surface area contributed by atoms with Crippen molar-refractivity contribution in [3.05, 3.63) is 24.3 Å². The summed E-state index contributed by atoms with van der Waals surface area (Å²) in [4.78, 5) is 30.5. The number of rotatable bonds is 12. The second kappa shape index (κ2) is 11.5. The SMILES string of the molecule is CCCN(CCC)C(=O)CCCC(=O)NCCNc1nc2ccccc2s1. The highest BCUT2D eigenvalue weighted by molar-refractivity contribution is 7.22. The summed E-state index contributed by atoms with van der Waals surface area (Å²) in [6.07, 6.45) is 3.36. The van der Waals surface area contributed by atoms with Crippen LogP contribution in [0.2, 0.25) is 0 Å². The van der Waals surface area contributed by atoms with E-state index in [-0.39, 0.29) is 11.8 Å². The summed E-state index contributed by atoms with van der Waals surface area (Å²) >= 11 is 1.61. The van der Waals surface area contributed by atoms with Gasteiger partial charge in [0, 0.05) is 39.0 Å². The Balaban J connectivity index is 1.59. The first-order valence-corrected chi connectivity index (χ1v) is 10.6. The second-order valence-electron chi connectivity index (χ2n) is 6.50.